The van der Waals surface area contributed by atoms with E-state index < -0.39 is 0 Å². The Morgan fingerprint density at radius 2 is 1.85 bits per heavy atom. The van der Waals surface area contributed by atoms with Gasteiger partial charge in [0.25, 0.3) is 0 Å². The van der Waals surface area contributed by atoms with E-state index in [9.17, 15) is 4.79 Å². The molecule has 0 radical (unpaired) electrons. The maximum absolute atomic E-state index is 12.6. The lowest BCUT2D eigenvalue weighted by atomic mass is 10.1. The first-order chi connectivity index (χ1) is 13.2. The molecule has 1 saturated heterocycles. The van der Waals surface area contributed by atoms with Crippen LogP contribution >= 0.6 is 11.6 Å². The highest BCUT2D eigenvalue weighted by molar-refractivity contribution is 6.30. The molecule has 3 aromatic rings. The summed E-state index contributed by atoms with van der Waals surface area (Å²) < 4.78 is 5.88. The van der Waals surface area contributed by atoms with Crippen molar-refractivity contribution < 1.29 is 9.53 Å². The fraction of sp³-hybridized carbons (Fsp3) is 0.227. The van der Waals surface area contributed by atoms with Gasteiger partial charge in [-0.2, -0.15) is 0 Å². The molecule has 3 aromatic carbocycles. The highest BCUT2D eigenvalue weighted by Crippen LogP contribution is 2.25. The monoisotopic (exact) mass is 380 g/mol. The number of hydrogen-bond donors (Lipinski definition) is 1. The van der Waals surface area contributed by atoms with E-state index in [-0.39, 0.29) is 12.0 Å². The van der Waals surface area contributed by atoms with Crippen LogP contribution in [-0.2, 0) is 9.53 Å². The van der Waals surface area contributed by atoms with E-state index in [0.717, 1.165) is 28.6 Å². The average molecular weight is 381 g/mol. The Labute approximate surface area is 163 Å². The van der Waals surface area contributed by atoms with E-state index in [1.165, 1.54) is 0 Å². The molecule has 1 aliphatic heterocycles. The summed E-state index contributed by atoms with van der Waals surface area (Å²) >= 11 is 5.96. The number of halogens is 1. The summed E-state index contributed by atoms with van der Waals surface area (Å²) in [6, 6.07) is 21.7. The Morgan fingerprint density at radius 3 is 2.70 bits per heavy atom. The van der Waals surface area contributed by atoms with Crippen molar-refractivity contribution in [3.8, 4) is 0 Å². The Balaban J connectivity index is 1.41. The van der Waals surface area contributed by atoms with Crippen molar-refractivity contribution in [1.29, 1.82) is 0 Å². The van der Waals surface area contributed by atoms with Crippen LogP contribution in [0, 0.1) is 0 Å². The molecule has 138 valence electrons. The predicted molar refractivity (Wildman–Crippen MR) is 109 cm³/mol. The number of ether oxygens (including phenoxy) is 1. The van der Waals surface area contributed by atoms with Gasteiger partial charge in [0.1, 0.15) is 0 Å². The number of fused-ring (bicyclic) bond motifs is 1. The normalized spacial score (nSPS) is 17.7. The maximum Gasteiger partial charge on any atom is 0.238 e. The zero-order valence-electron chi connectivity index (χ0n) is 14.9. The first-order valence-electron chi connectivity index (χ1n) is 9.06. The van der Waals surface area contributed by atoms with E-state index >= 15 is 0 Å². The second kappa shape index (κ2) is 8.09. The molecule has 1 atom stereocenters. The van der Waals surface area contributed by atoms with Gasteiger partial charge < -0.3 is 10.1 Å². The minimum Gasteiger partial charge on any atom is -0.371 e. The molecular weight excluding hydrogens is 360 g/mol. The molecule has 1 N–H and O–H groups in total. The van der Waals surface area contributed by atoms with Crippen molar-refractivity contribution in [3.05, 3.63) is 77.3 Å². The smallest absolute Gasteiger partial charge is 0.238 e. The molecule has 1 heterocycles. The Kier molecular flexibility index (Phi) is 5.39. The number of amides is 1. The van der Waals surface area contributed by atoms with E-state index in [2.05, 4.69) is 10.2 Å². The molecule has 27 heavy (non-hydrogen) atoms. The van der Waals surface area contributed by atoms with Gasteiger partial charge in [0.05, 0.1) is 19.3 Å². The van der Waals surface area contributed by atoms with Crippen molar-refractivity contribution in [3.63, 3.8) is 0 Å². The lowest BCUT2D eigenvalue weighted by Crippen LogP contribution is -2.42. The number of hydrogen-bond acceptors (Lipinski definition) is 3. The van der Waals surface area contributed by atoms with Gasteiger partial charge in [0.15, 0.2) is 0 Å². The third-order valence-corrected chi connectivity index (χ3v) is 5.08. The lowest BCUT2D eigenvalue weighted by molar-refractivity contribution is -0.119. The molecule has 0 spiro atoms. The van der Waals surface area contributed by atoms with Crippen LogP contribution in [0.5, 0.6) is 0 Å². The van der Waals surface area contributed by atoms with Gasteiger partial charge in [-0.05, 0) is 29.1 Å². The van der Waals surface area contributed by atoms with Gasteiger partial charge in [-0.3, -0.25) is 9.69 Å². The van der Waals surface area contributed by atoms with Crippen LogP contribution in [0.3, 0.4) is 0 Å². The molecular formula is C22H21ClN2O2. The van der Waals surface area contributed by atoms with E-state index in [4.69, 9.17) is 16.3 Å². The van der Waals surface area contributed by atoms with Crippen LogP contribution in [0.2, 0.25) is 5.02 Å². The van der Waals surface area contributed by atoms with Gasteiger partial charge in [-0.15, -0.1) is 0 Å². The Hall–Kier alpha value is -2.40. The SMILES string of the molecule is O=C(CN1CCOC(c2ccc(Cl)cc2)C1)Nc1cccc2ccccc12. The second-order valence-corrected chi connectivity index (χ2v) is 7.16. The molecule has 1 unspecified atom stereocenters. The number of carbonyl (C=O) groups is 1. The Bertz CT molecular complexity index is 937. The third kappa shape index (κ3) is 4.30. The number of morpholine rings is 1. The third-order valence-electron chi connectivity index (χ3n) is 4.82. The van der Waals surface area contributed by atoms with Gasteiger partial charge in [0.2, 0.25) is 5.91 Å². The largest absolute Gasteiger partial charge is 0.371 e. The summed E-state index contributed by atoms with van der Waals surface area (Å²) in [6.07, 6.45) is -0.0404. The van der Waals surface area contributed by atoms with Gasteiger partial charge in [-0.1, -0.05) is 60.1 Å². The number of nitrogens with one attached hydrogen (secondary N) is 1. The quantitative estimate of drug-likeness (QED) is 0.724. The molecule has 1 amide bonds. The van der Waals surface area contributed by atoms with Crippen LogP contribution in [-0.4, -0.2) is 37.0 Å². The van der Waals surface area contributed by atoms with Crippen LogP contribution in [0.15, 0.2) is 66.7 Å². The predicted octanol–water partition coefficient (Wildman–Crippen LogP) is 4.51. The van der Waals surface area contributed by atoms with Crippen LogP contribution in [0.4, 0.5) is 5.69 Å². The summed E-state index contributed by atoms with van der Waals surface area (Å²) in [5.74, 6) is -0.0110. The van der Waals surface area contributed by atoms with E-state index in [0.29, 0.717) is 24.7 Å². The summed E-state index contributed by atoms with van der Waals surface area (Å²) in [4.78, 5) is 14.7. The zero-order chi connectivity index (χ0) is 18.6. The summed E-state index contributed by atoms with van der Waals surface area (Å²) in [5.41, 5.74) is 1.93. The topological polar surface area (TPSA) is 41.6 Å². The average Bonchev–Trinajstić information content (AvgIpc) is 2.69. The number of carbonyl (C=O) groups excluding carboxylic acids is 1. The summed E-state index contributed by atoms with van der Waals surface area (Å²) in [5, 5.41) is 5.93. The second-order valence-electron chi connectivity index (χ2n) is 6.72. The molecule has 5 heteroatoms. The molecule has 4 nitrogen and oxygen atoms in total. The van der Waals surface area contributed by atoms with E-state index in [1.807, 2.05) is 66.7 Å². The first kappa shape index (κ1) is 18.0. The highest BCUT2D eigenvalue weighted by Gasteiger charge is 2.23. The molecule has 0 bridgehead atoms. The lowest BCUT2D eigenvalue weighted by Gasteiger charge is -2.32. The summed E-state index contributed by atoms with van der Waals surface area (Å²) in [7, 11) is 0. The minimum absolute atomic E-state index is 0.0110. The standard InChI is InChI=1S/C22H21ClN2O2/c23-18-10-8-17(9-11-18)21-14-25(12-13-27-21)15-22(26)24-20-7-3-5-16-4-1-2-6-19(16)20/h1-11,21H,12-15H2,(H,24,26). The highest BCUT2D eigenvalue weighted by atomic mass is 35.5. The zero-order valence-corrected chi connectivity index (χ0v) is 15.7. The van der Waals surface area contributed by atoms with Crippen molar-refractivity contribution in [2.75, 3.05) is 31.6 Å². The van der Waals surface area contributed by atoms with Crippen LogP contribution < -0.4 is 5.32 Å². The molecule has 1 aliphatic rings. The van der Waals surface area contributed by atoms with Crippen molar-refractivity contribution in [1.82, 2.24) is 4.90 Å². The van der Waals surface area contributed by atoms with Gasteiger partial charge in [0, 0.05) is 29.2 Å². The van der Waals surface area contributed by atoms with Gasteiger partial charge >= 0.3 is 0 Å². The van der Waals surface area contributed by atoms with Gasteiger partial charge in [-0.25, -0.2) is 0 Å². The number of rotatable bonds is 4. The molecule has 0 aromatic heterocycles. The number of nitrogens with zero attached hydrogens (tertiary/aromatic N) is 1. The molecule has 1 fully saturated rings. The molecule has 0 aliphatic carbocycles. The summed E-state index contributed by atoms with van der Waals surface area (Å²) in [6.45, 7) is 2.38. The van der Waals surface area contributed by atoms with Crippen molar-refractivity contribution in [2.24, 2.45) is 0 Å². The Morgan fingerprint density at radius 1 is 1.07 bits per heavy atom. The minimum atomic E-state index is -0.0404. The molecule has 4 rings (SSSR count). The van der Waals surface area contributed by atoms with Crippen LogP contribution in [0.25, 0.3) is 10.8 Å². The van der Waals surface area contributed by atoms with Crippen LogP contribution in [0.1, 0.15) is 11.7 Å². The fourth-order valence-corrected chi connectivity index (χ4v) is 3.58. The first-order valence-corrected chi connectivity index (χ1v) is 9.44. The van der Waals surface area contributed by atoms with Crippen molar-refractivity contribution in [2.45, 2.75) is 6.10 Å². The van der Waals surface area contributed by atoms with E-state index in [1.54, 1.807) is 0 Å². The molecule has 0 saturated carbocycles. The maximum atomic E-state index is 12.6. The number of benzene rings is 3. The number of anilines is 1. The fourth-order valence-electron chi connectivity index (χ4n) is 3.45. The van der Waals surface area contributed by atoms with Crippen molar-refractivity contribution >= 4 is 34.0 Å².